The molecule has 0 spiro atoms. The van der Waals surface area contributed by atoms with Gasteiger partial charge in [-0.25, -0.2) is 0 Å². The molecule has 0 aromatic rings. The maximum Gasteiger partial charge on any atom is 0.412 e. The molecule has 0 aromatic carbocycles. The molecule has 0 unspecified atom stereocenters. The number of hydrogen-bond acceptors (Lipinski definition) is 0. The maximum absolute atomic E-state index is 11.7. The van der Waals surface area contributed by atoms with Gasteiger partial charge in [-0.1, -0.05) is 6.58 Å². The average Bonchev–Trinajstić information content (AvgIpc) is 1.60. The van der Waals surface area contributed by atoms with E-state index < -0.39 is 11.7 Å². The molecular formula is C6H6F3I. The molecule has 0 saturated heterocycles. The van der Waals surface area contributed by atoms with Crippen LogP contribution < -0.4 is 0 Å². The van der Waals surface area contributed by atoms with Gasteiger partial charge in [-0.2, -0.15) is 13.2 Å². The van der Waals surface area contributed by atoms with Gasteiger partial charge in [-0.05, 0) is 35.6 Å². The molecule has 0 nitrogen and oxygen atoms in total. The van der Waals surface area contributed by atoms with Crippen molar-refractivity contribution >= 4 is 22.6 Å². The fourth-order valence-electron chi connectivity index (χ4n) is 0.317. The van der Waals surface area contributed by atoms with E-state index >= 15 is 0 Å². The lowest BCUT2D eigenvalue weighted by molar-refractivity contribution is -0.0913. The molecular weight excluding hydrogens is 256 g/mol. The van der Waals surface area contributed by atoms with Crippen molar-refractivity contribution in [3.8, 4) is 0 Å². The second-order valence-corrected chi connectivity index (χ2v) is 3.16. The summed E-state index contributed by atoms with van der Waals surface area (Å²) in [4.78, 5) is 0. The molecule has 0 N–H and O–H groups in total. The highest BCUT2D eigenvalue weighted by Gasteiger charge is 2.29. The Kier molecular flexibility index (Phi) is 3.41. The van der Waals surface area contributed by atoms with Crippen molar-refractivity contribution in [1.82, 2.24) is 0 Å². The Morgan fingerprint density at radius 3 is 2.00 bits per heavy atom. The van der Waals surface area contributed by atoms with Gasteiger partial charge < -0.3 is 0 Å². The lowest BCUT2D eigenvalue weighted by Gasteiger charge is -2.04. The van der Waals surface area contributed by atoms with Crippen molar-refractivity contribution in [3.05, 3.63) is 21.8 Å². The van der Waals surface area contributed by atoms with Crippen LogP contribution in [0.15, 0.2) is 21.8 Å². The van der Waals surface area contributed by atoms with Crippen molar-refractivity contribution in [2.24, 2.45) is 0 Å². The van der Waals surface area contributed by atoms with E-state index in [1.54, 1.807) is 22.6 Å². The Bertz CT molecular complexity index is 166. The summed E-state index contributed by atoms with van der Waals surface area (Å²) in [5, 5.41) is 0. The van der Waals surface area contributed by atoms with Crippen molar-refractivity contribution in [2.45, 2.75) is 13.1 Å². The Balaban J connectivity index is 4.35. The van der Waals surface area contributed by atoms with Crippen molar-refractivity contribution in [3.63, 3.8) is 0 Å². The zero-order valence-corrected chi connectivity index (χ0v) is 7.45. The molecule has 0 rings (SSSR count). The molecule has 4 heteroatoms. The lowest BCUT2D eigenvalue weighted by Crippen LogP contribution is -2.08. The highest BCUT2D eigenvalue weighted by molar-refractivity contribution is 14.1. The number of rotatable bonds is 1. The van der Waals surface area contributed by atoms with Gasteiger partial charge in [-0.3, -0.25) is 0 Å². The third kappa shape index (κ3) is 3.92. The predicted octanol–water partition coefficient (Wildman–Crippen LogP) is 3.44. The summed E-state index contributed by atoms with van der Waals surface area (Å²) >= 11 is 1.73. The molecule has 0 fully saturated rings. The minimum Gasteiger partial charge on any atom is -0.166 e. The number of alkyl halides is 3. The zero-order valence-electron chi connectivity index (χ0n) is 5.30. The van der Waals surface area contributed by atoms with Gasteiger partial charge in [0, 0.05) is 9.15 Å². The smallest absolute Gasteiger partial charge is 0.166 e. The minimum atomic E-state index is -4.21. The molecule has 0 bridgehead atoms. The van der Waals surface area contributed by atoms with Crippen LogP contribution in [0, 0.1) is 0 Å². The molecule has 0 aliphatic rings. The number of hydrogen-bond donors (Lipinski definition) is 0. The summed E-state index contributed by atoms with van der Waals surface area (Å²) in [5.74, 6) is 0. The van der Waals surface area contributed by atoms with Crippen molar-refractivity contribution < 1.29 is 13.2 Å². The molecule has 0 aliphatic carbocycles. The van der Waals surface area contributed by atoms with E-state index in [9.17, 15) is 13.2 Å². The van der Waals surface area contributed by atoms with Crippen LogP contribution in [0.5, 0.6) is 0 Å². The van der Waals surface area contributed by atoms with Crippen LogP contribution in [-0.2, 0) is 0 Å². The van der Waals surface area contributed by atoms with Crippen LogP contribution in [0.1, 0.15) is 6.92 Å². The summed E-state index contributed by atoms with van der Waals surface area (Å²) in [6.07, 6.45) is -3.21. The van der Waals surface area contributed by atoms with Crippen molar-refractivity contribution in [1.29, 1.82) is 0 Å². The summed E-state index contributed by atoms with van der Waals surface area (Å²) in [6.45, 7) is 4.34. The van der Waals surface area contributed by atoms with Crippen molar-refractivity contribution in [2.75, 3.05) is 0 Å². The van der Waals surface area contributed by atoms with Gasteiger partial charge in [0.2, 0.25) is 0 Å². The SMILES string of the molecule is C=C(I)/C=C(\C)C(F)(F)F. The maximum atomic E-state index is 11.7. The molecule has 0 aromatic heterocycles. The van der Waals surface area contributed by atoms with Crippen LogP contribution in [0.4, 0.5) is 13.2 Å². The monoisotopic (exact) mass is 262 g/mol. The van der Waals surface area contributed by atoms with Crippen LogP contribution in [0.2, 0.25) is 0 Å². The average molecular weight is 262 g/mol. The van der Waals surface area contributed by atoms with Gasteiger partial charge >= 0.3 is 6.18 Å². The normalized spacial score (nSPS) is 13.5. The standard InChI is InChI=1S/C6H6F3I/c1-4(3-5(2)10)6(7,8)9/h3H,2H2,1H3/b4-3+. The first-order chi connectivity index (χ1) is 4.34. The fourth-order valence-corrected chi connectivity index (χ4v) is 0.784. The van der Waals surface area contributed by atoms with E-state index in [4.69, 9.17) is 0 Å². The lowest BCUT2D eigenvalue weighted by atomic mass is 10.3. The van der Waals surface area contributed by atoms with Gasteiger partial charge in [0.1, 0.15) is 0 Å². The summed E-state index contributed by atoms with van der Waals surface area (Å²) in [7, 11) is 0. The molecule has 0 radical (unpaired) electrons. The van der Waals surface area contributed by atoms with Crippen LogP contribution in [0.3, 0.4) is 0 Å². The fraction of sp³-hybridized carbons (Fsp3) is 0.333. The highest BCUT2D eigenvalue weighted by atomic mass is 127. The molecule has 58 valence electrons. The zero-order chi connectivity index (χ0) is 8.36. The first-order valence-electron chi connectivity index (χ1n) is 2.44. The summed E-state index contributed by atoms with van der Waals surface area (Å²) in [6, 6.07) is 0. The van der Waals surface area contributed by atoms with E-state index in [1.807, 2.05) is 0 Å². The third-order valence-electron chi connectivity index (χ3n) is 0.820. The first-order valence-corrected chi connectivity index (χ1v) is 3.52. The van der Waals surface area contributed by atoms with E-state index in [0.29, 0.717) is 3.58 Å². The Morgan fingerprint density at radius 2 is 1.90 bits per heavy atom. The van der Waals surface area contributed by atoms with Crippen LogP contribution in [-0.4, -0.2) is 6.18 Å². The molecule has 10 heavy (non-hydrogen) atoms. The van der Waals surface area contributed by atoms with Gasteiger partial charge in [0.25, 0.3) is 0 Å². The second-order valence-electron chi connectivity index (χ2n) is 1.77. The number of allylic oxidation sites excluding steroid dienone is 3. The molecule has 0 atom stereocenters. The first kappa shape index (κ1) is 10.0. The van der Waals surface area contributed by atoms with Crippen LogP contribution >= 0.6 is 22.6 Å². The van der Waals surface area contributed by atoms with Gasteiger partial charge in [0.15, 0.2) is 0 Å². The Labute approximate surface area is 70.9 Å². The summed E-state index contributed by atoms with van der Waals surface area (Å²) < 4.78 is 35.5. The minimum absolute atomic E-state index is 0.382. The molecule has 0 amide bonds. The highest BCUT2D eigenvalue weighted by Crippen LogP contribution is 2.26. The van der Waals surface area contributed by atoms with E-state index in [1.165, 1.54) is 0 Å². The van der Waals surface area contributed by atoms with E-state index in [0.717, 1.165) is 13.0 Å². The Morgan fingerprint density at radius 1 is 1.50 bits per heavy atom. The molecule has 0 aliphatic heterocycles. The largest absolute Gasteiger partial charge is 0.412 e. The van der Waals surface area contributed by atoms with E-state index in [2.05, 4.69) is 6.58 Å². The summed E-state index contributed by atoms with van der Waals surface area (Å²) in [5.41, 5.74) is -0.619. The third-order valence-corrected chi connectivity index (χ3v) is 1.13. The quantitative estimate of drug-likeness (QED) is 0.501. The molecule has 0 heterocycles. The Hall–Kier alpha value is -0.0000000000000000555. The van der Waals surface area contributed by atoms with Gasteiger partial charge in [0.05, 0.1) is 0 Å². The van der Waals surface area contributed by atoms with Gasteiger partial charge in [-0.15, -0.1) is 0 Å². The second kappa shape index (κ2) is 3.41. The number of halogens is 4. The molecule has 0 saturated carbocycles. The van der Waals surface area contributed by atoms with E-state index in [-0.39, 0.29) is 0 Å². The topological polar surface area (TPSA) is 0 Å². The van der Waals surface area contributed by atoms with Crippen LogP contribution in [0.25, 0.3) is 0 Å². The predicted molar refractivity (Wildman–Crippen MR) is 43.0 cm³/mol.